The molecule has 6 nitrogen and oxygen atoms in total. The summed E-state index contributed by atoms with van der Waals surface area (Å²) in [6.07, 6.45) is 0. The van der Waals surface area contributed by atoms with Crippen LogP contribution in [-0.4, -0.2) is 56.7 Å². The second-order valence-corrected chi connectivity index (χ2v) is 4.70. The van der Waals surface area contributed by atoms with Crippen molar-refractivity contribution in [2.45, 2.75) is 6.92 Å². The summed E-state index contributed by atoms with van der Waals surface area (Å²) < 4.78 is 9.95. The number of carbonyl (C=O) groups excluding carboxylic acids is 2. The summed E-state index contributed by atoms with van der Waals surface area (Å²) in [7, 11) is 1.63. The smallest absolute Gasteiger partial charge is 0.397 e. The molecule has 0 bridgehead atoms. The number of ether oxygens (including phenoxy) is 2. The third-order valence-electron chi connectivity index (χ3n) is 3.44. The third-order valence-corrected chi connectivity index (χ3v) is 3.44. The lowest BCUT2D eigenvalue weighted by Gasteiger charge is -2.35. The van der Waals surface area contributed by atoms with Crippen molar-refractivity contribution in [2.75, 3.05) is 44.8 Å². The average Bonchev–Trinajstić information content (AvgIpc) is 2.54. The van der Waals surface area contributed by atoms with Gasteiger partial charge in [-0.3, -0.25) is 4.79 Å². The Bertz CT molecular complexity index is 510. The molecule has 6 heteroatoms. The van der Waals surface area contributed by atoms with Crippen molar-refractivity contribution in [1.29, 1.82) is 0 Å². The summed E-state index contributed by atoms with van der Waals surface area (Å²) >= 11 is 0. The molecule has 0 saturated carbocycles. The first-order chi connectivity index (χ1) is 10.2. The molecule has 1 saturated heterocycles. The molecule has 1 aromatic rings. The standard InChI is InChI=1S/C15H20N2O4/c1-3-21-15(19)14(18)17-9-7-16(8-10-17)12-5-4-6-13(11-12)20-2/h4-6,11H,3,7-10H2,1-2H3. The van der Waals surface area contributed by atoms with E-state index in [1.807, 2.05) is 24.3 Å². The van der Waals surface area contributed by atoms with Crippen LogP contribution in [0.2, 0.25) is 0 Å². The molecule has 1 amide bonds. The highest BCUT2D eigenvalue weighted by atomic mass is 16.5. The summed E-state index contributed by atoms with van der Waals surface area (Å²) in [5.74, 6) is -0.521. The zero-order valence-corrected chi connectivity index (χ0v) is 12.4. The second kappa shape index (κ2) is 6.97. The Morgan fingerprint density at radius 3 is 2.52 bits per heavy atom. The molecule has 0 atom stereocenters. The average molecular weight is 292 g/mol. The molecule has 0 spiro atoms. The van der Waals surface area contributed by atoms with Crippen LogP contribution in [0, 0.1) is 0 Å². The summed E-state index contributed by atoms with van der Waals surface area (Å²) in [5, 5.41) is 0. The van der Waals surface area contributed by atoms with Crippen molar-refractivity contribution < 1.29 is 19.1 Å². The fourth-order valence-electron chi connectivity index (χ4n) is 2.30. The molecule has 0 unspecified atom stereocenters. The van der Waals surface area contributed by atoms with Crippen molar-refractivity contribution in [3.05, 3.63) is 24.3 Å². The quantitative estimate of drug-likeness (QED) is 0.612. The topological polar surface area (TPSA) is 59.1 Å². The molecule has 1 aromatic carbocycles. The number of hydrogen-bond donors (Lipinski definition) is 0. The zero-order chi connectivity index (χ0) is 15.2. The number of rotatable bonds is 3. The number of anilines is 1. The lowest BCUT2D eigenvalue weighted by atomic mass is 10.2. The third kappa shape index (κ3) is 3.65. The Morgan fingerprint density at radius 1 is 1.19 bits per heavy atom. The highest BCUT2D eigenvalue weighted by Crippen LogP contribution is 2.22. The Balaban J connectivity index is 1.93. The number of piperazine rings is 1. The van der Waals surface area contributed by atoms with E-state index in [1.165, 1.54) is 4.90 Å². The summed E-state index contributed by atoms with van der Waals surface area (Å²) in [5.41, 5.74) is 1.05. The van der Waals surface area contributed by atoms with E-state index in [0.717, 1.165) is 11.4 Å². The minimum absolute atomic E-state index is 0.217. The van der Waals surface area contributed by atoms with Crippen molar-refractivity contribution in [3.8, 4) is 5.75 Å². The van der Waals surface area contributed by atoms with Gasteiger partial charge in [-0.25, -0.2) is 4.79 Å². The van der Waals surface area contributed by atoms with Crippen LogP contribution in [0.25, 0.3) is 0 Å². The Hall–Kier alpha value is -2.24. The Kier molecular flexibility index (Phi) is 5.03. The molecule has 0 aliphatic carbocycles. The van der Waals surface area contributed by atoms with Crippen molar-refractivity contribution in [1.82, 2.24) is 4.90 Å². The molecule has 114 valence electrons. The van der Waals surface area contributed by atoms with E-state index < -0.39 is 11.9 Å². The van der Waals surface area contributed by atoms with E-state index in [2.05, 4.69) is 4.90 Å². The van der Waals surface area contributed by atoms with E-state index >= 15 is 0 Å². The number of amides is 1. The maximum atomic E-state index is 11.8. The van der Waals surface area contributed by atoms with Crippen molar-refractivity contribution >= 4 is 17.6 Å². The fraction of sp³-hybridized carbons (Fsp3) is 0.467. The van der Waals surface area contributed by atoms with E-state index in [9.17, 15) is 9.59 Å². The Labute approximate surface area is 124 Å². The van der Waals surface area contributed by atoms with Crippen LogP contribution >= 0.6 is 0 Å². The molecule has 0 radical (unpaired) electrons. The van der Waals surface area contributed by atoms with Gasteiger partial charge in [-0.15, -0.1) is 0 Å². The lowest BCUT2D eigenvalue weighted by Crippen LogP contribution is -2.51. The molecule has 1 heterocycles. The van der Waals surface area contributed by atoms with Gasteiger partial charge in [0.2, 0.25) is 0 Å². The first kappa shape index (κ1) is 15.2. The monoisotopic (exact) mass is 292 g/mol. The van der Waals surface area contributed by atoms with Crippen molar-refractivity contribution in [2.24, 2.45) is 0 Å². The number of benzene rings is 1. The lowest BCUT2D eigenvalue weighted by molar-refractivity contribution is -0.160. The van der Waals surface area contributed by atoms with Crippen LogP contribution in [0.4, 0.5) is 5.69 Å². The van der Waals surface area contributed by atoms with Gasteiger partial charge in [0, 0.05) is 37.9 Å². The van der Waals surface area contributed by atoms with Gasteiger partial charge < -0.3 is 19.3 Å². The van der Waals surface area contributed by atoms with Gasteiger partial charge >= 0.3 is 11.9 Å². The minimum atomic E-state index is -0.771. The van der Waals surface area contributed by atoms with Crippen LogP contribution in [-0.2, 0) is 14.3 Å². The normalized spacial score (nSPS) is 14.8. The Morgan fingerprint density at radius 2 is 1.90 bits per heavy atom. The number of methoxy groups -OCH3 is 1. The van der Waals surface area contributed by atoms with Crippen LogP contribution < -0.4 is 9.64 Å². The number of hydrogen-bond acceptors (Lipinski definition) is 5. The van der Waals surface area contributed by atoms with Gasteiger partial charge in [0.15, 0.2) is 0 Å². The van der Waals surface area contributed by atoms with Gasteiger partial charge in [0.05, 0.1) is 13.7 Å². The van der Waals surface area contributed by atoms with Crippen molar-refractivity contribution in [3.63, 3.8) is 0 Å². The van der Waals surface area contributed by atoms with Crippen LogP contribution in [0.1, 0.15) is 6.92 Å². The molecule has 0 N–H and O–H groups in total. The number of nitrogens with zero attached hydrogens (tertiary/aromatic N) is 2. The zero-order valence-electron chi connectivity index (χ0n) is 12.4. The second-order valence-electron chi connectivity index (χ2n) is 4.70. The van der Waals surface area contributed by atoms with Crippen LogP contribution in [0.3, 0.4) is 0 Å². The molecule has 2 rings (SSSR count). The summed E-state index contributed by atoms with van der Waals surface area (Å²) in [6, 6.07) is 7.79. The highest BCUT2D eigenvalue weighted by Gasteiger charge is 2.27. The van der Waals surface area contributed by atoms with Crippen LogP contribution in [0.5, 0.6) is 5.75 Å². The van der Waals surface area contributed by atoms with Gasteiger partial charge in [-0.2, -0.15) is 0 Å². The predicted molar refractivity (Wildman–Crippen MR) is 78.4 cm³/mol. The molecular formula is C15H20N2O4. The van der Waals surface area contributed by atoms with E-state index in [-0.39, 0.29) is 6.61 Å². The molecule has 1 aliphatic heterocycles. The SMILES string of the molecule is CCOC(=O)C(=O)N1CCN(c2cccc(OC)c2)CC1. The maximum absolute atomic E-state index is 11.8. The molecule has 21 heavy (non-hydrogen) atoms. The van der Waals surface area contributed by atoms with Gasteiger partial charge in [0.25, 0.3) is 0 Å². The molecule has 0 aromatic heterocycles. The van der Waals surface area contributed by atoms with Gasteiger partial charge in [-0.05, 0) is 19.1 Å². The highest BCUT2D eigenvalue weighted by molar-refractivity contribution is 6.32. The number of esters is 1. The predicted octanol–water partition coefficient (Wildman–Crippen LogP) is 0.907. The van der Waals surface area contributed by atoms with Gasteiger partial charge in [-0.1, -0.05) is 6.07 Å². The summed E-state index contributed by atoms with van der Waals surface area (Å²) in [6.45, 7) is 4.28. The largest absolute Gasteiger partial charge is 0.497 e. The summed E-state index contributed by atoms with van der Waals surface area (Å²) in [4.78, 5) is 27.0. The number of carbonyl (C=O) groups is 2. The van der Waals surface area contributed by atoms with E-state index in [4.69, 9.17) is 9.47 Å². The van der Waals surface area contributed by atoms with E-state index in [0.29, 0.717) is 26.2 Å². The first-order valence-corrected chi connectivity index (χ1v) is 7.00. The van der Waals surface area contributed by atoms with E-state index in [1.54, 1.807) is 14.0 Å². The van der Waals surface area contributed by atoms with Gasteiger partial charge in [0.1, 0.15) is 5.75 Å². The molecule has 1 fully saturated rings. The molecule has 1 aliphatic rings. The first-order valence-electron chi connectivity index (χ1n) is 7.00. The molecular weight excluding hydrogens is 272 g/mol. The fourth-order valence-corrected chi connectivity index (χ4v) is 2.30. The minimum Gasteiger partial charge on any atom is -0.497 e. The maximum Gasteiger partial charge on any atom is 0.397 e. The van der Waals surface area contributed by atoms with Crippen LogP contribution in [0.15, 0.2) is 24.3 Å².